The van der Waals surface area contributed by atoms with Crippen LogP contribution in [0.2, 0.25) is 0 Å². The van der Waals surface area contributed by atoms with Gasteiger partial charge in [0.25, 0.3) is 0 Å². The number of nitrogens with zero attached hydrogens (tertiary/aromatic N) is 2. The van der Waals surface area contributed by atoms with E-state index < -0.39 is 24.5 Å². The quantitative estimate of drug-likeness (QED) is 0.374. The van der Waals surface area contributed by atoms with Crippen molar-refractivity contribution in [2.24, 2.45) is 0 Å². The number of aromatic amines is 1. The highest BCUT2D eigenvalue weighted by atomic mass is 19.4. The molecule has 3 aromatic rings. The van der Waals surface area contributed by atoms with Crippen molar-refractivity contribution in [3.05, 3.63) is 30.1 Å². The summed E-state index contributed by atoms with van der Waals surface area (Å²) in [4.78, 5) is 10.8. The van der Waals surface area contributed by atoms with Crippen LogP contribution >= 0.6 is 0 Å². The van der Waals surface area contributed by atoms with E-state index in [1.54, 1.807) is 0 Å². The van der Waals surface area contributed by atoms with E-state index in [1.807, 2.05) is 0 Å². The van der Waals surface area contributed by atoms with Crippen LogP contribution in [0.4, 0.5) is 38.0 Å². The van der Waals surface area contributed by atoms with Gasteiger partial charge in [-0.05, 0) is 31.5 Å². The molecule has 4 N–H and O–H groups in total. The van der Waals surface area contributed by atoms with Gasteiger partial charge in [-0.2, -0.15) is 26.3 Å². The molecule has 13 heteroatoms. The molecule has 0 aliphatic carbocycles. The molecule has 0 spiro atoms. The average molecular weight is 488 g/mol. The number of ether oxygens (including phenoxy) is 1. The number of alkyl halides is 6. The second-order valence-electron chi connectivity index (χ2n) is 7.86. The molecule has 4 rings (SSSR count). The maximum atomic E-state index is 13.8. The highest BCUT2D eigenvalue weighted by molar-refractivity contribution is 6.01. The lowest BCUT2D eigenvalue weighted by Gasteiger charge is -2.24. The van der Waals surface area contributed by atoms with Crippen molar-refractivity contribution >= 4 is 22.5 Å². The Kier molecular flexibility index (Phi) is 6.47. The third kappa shape index (κ3) is 5.13. The summed E-state index contributed by atoms with van der Waals surface area (Å²) in [5, 5.41) is 9.20. The lowest BCUT2D eigenvalue weighted by atomic mass is 10.0. The number of nitrogens with one attached hydrogen (secondary N) is 4. The minimum atomic E-state index is -4.75. The molecule has 3 heterocycles. The van der Waals surface area contributed by atoms with Gasteiger partial charge in [-0.3, -0.25) is 0 Å². The normalized spacial score (nSPS) is 17.1. The van der Waals surface area contributed by atoms with Crippen molar-refractivity contribution in [3.8, 4) is 17.0 Å². The molecular formula is C21H22F6N6O. The predicted molar refractivity (Wildman–Crippen MR) is 115 cm³/mol. The number of piperidine rings is 1. The molecule has 0 bridgehead atoms. The number of halogens is 6. The molecule has 1 fully saturated rings. The molecule has 1 aromatic carbocycles. The van der Waals surface area contributed by atoms with Gasteiger partial charge in [-0.1, -0.05) is 0 Å². The van der Waals surface area contributed by atoms with Crippen LogP contribution < -0.4 is 20.7 Å². The van der Waals surface area contributed by atoms with E-state index in [1.165, 1.54) is 25.4 Å². The first-order valence-corrected chi connectivity index (χ1v) is 10.5. The Bertz CT molecular complexity index is 1150. The zero-order chi connectivity index (χ0) is 24.5. The Labute approximate surface area is 190 Å². The number of rotatable bonds is 6. The largest absolute Gasteiger partial charge is 0.480 e. The summed E-state index contributed by atoms with van der Waals surface area (Å²) in [5.41, 5.74) is -1.02. The second kappa shape index (κ2) is 9.20. The summed E-state index contributed by atoms with van der Waals surface area (Å²) >= 11 is 0. The van der Waals surface area contributed by atoms with Crippen molar-refractivity contribution in [2.75, 3.05) is 37.4 Å². The molecule has 0 radical (unpaired) electrons. The van der Waals surface area contributed by atoms with Gasteiger partial charge in [-0.15, -0.1) is 0 Å². The van der Waals surface area contributed by atoms with Gasteiger partial charge in [0.2, 0.25) is 5.95 Å². The minimum absolute atomic E-state index is 0.0337. The first kappa shape index (κ1) is 23.9. The highest BCUT2D eigenvalue weighted by Crippen LogP contribution is 2.42. The summed E-state index contributed by atoms with van der Waals surface area (Å²) in [6, 6.07) is 2.89. The van der Waals surface area contributed by atoms with Crippen LogP contribution in [0, 0.1) is 0 Å². The van der Waals surface area contributed by atoms with Gasteiger partial charge < -0.3 is 25.7 Å². The Balaban J connectivity index is 1.79. The number of benzene rings is 1. The first-order chi connectivity index (χ1) is 16.1. The molecule has 1 aliphatic rings. The maximum Gasteiger partial charge on any atom is 0.422 e. The Hall–Kier alpha value is -3.22. The van der Waals surface area contributed by atoms with E-state index >= 15 is 0 Å². The monoisotopic (exact) mass is 488 g/mol. The molecule has 184 valence electrons. The maximum absolute atomic E-state index is 13.8. The van der Waals surface area contributed by atoms with E-state index in [9.17, 15) is 26.3 Å². The average Bonchev–Trinajstić information content (AvgIpc) is 3.21. The second-order valence-corrected chi connectivity index (χ2v) is 7.86. The van der Waals surface area contributed by atoms with Gasteiger partial charge in [-0.25, -0.2) is 9.97 Å². The lowest BCUT2D eigenvalue weighted by molar-refractivity contribution is -0.153. The fourth-order valence-corrected chi connectivity index (χ4v) is 3.89. The van der Waals surface area contributed by atoms with Gasteiger partial charge in [0.1, 0.15) is 5.56 Å². The fourth-order valence-electron chi connectivity index (χ4n) is 3.89. The third-order valence-electron chi connectivity index (χ3n) is 5.44. The Morgan fingerprint density at radius 2 is 1.97 bits per heavy atom. The van der Waals surface area contributed by atoms with Crippen molar-refractivity contribution in [3.63, 3.8) is 0 Å². The Morgan fingerprint density at radius 1 is 1.18 bits per heavy atom. The van der Waals surface area contributed by atoms with Crippen LogP contribution in [-0.4, -0.2) is 53.9 Å². The summed E-state index contributed by atoms with van der Waals surface area (Å²) < 4.78 is 84.7. The Morgan fingerprint density at radius 3 is 2.62 bits per heavy atom. The van der Waals surface area contributed by atoms with E-state index in [0.29, 0.717) is 12.7 Å². The fraction of sp³-hybridized carbons (Fsp3) is 0.429. The molecule has 1 unspecified atom stereocenters. The topological polar surface area (TPSA) is 86.9 Å². The molecule has 0 amide bonds. The number of aromatic nitrogens is 3. The van der Waals surface area contributed by atoms with Gasteiger partial charge in [0.05, 0.1) is 16.9 Å². The summed E-state index contributed by atoms with van der Waals surface area (Å²) in [6.07, 6.45) is -5.64. The molecular weight excluding hydrogens is 466 g/mol. The number of fused-ring (bicyclic) bond motifs is 1. The van der Waals surface area contributed by atoms with Crippen molar-refractivity contribution in [2.45, 2.75) is 31.2 Å². The van der Waals surface area contributed by atoms with Gasteiger partial charge >= 0.3 is 12.4 Å². The summed E-state index contributed by atoms with van der Waals surface area (Å²) in [7, 11) is 1.50. The van der Waals surface area contributed by atoms with Crippen LogP contribution in [0.1, 0.15) is 18.4 Å². The molecule has 34 heavy (non-hydrogen) atoms. The predicted octanol–water partition coefficient (Wildman–Crippen LogP) is 4.79. The molecule has 0 saturated carbocycles. The zero-order valence-electron chi connectivity index (χ0n) is 18.0. The number of hydrogen-bond donors (Lipinski definition) is 4. The van der Waals surface area contributed by atoms with E-state index in [2.05, 4.69) is 30.9 Å². The molecule has 1 atom stereocenters. The molecule has 1 aliphatic heterocycles. The number of H-pyrrole nitrogens is 1. The highest BCUT2D eigenvalue weighted by Gasteiger charge is 2.36. The van der Waals surface area contributed by atoms with E-state index in [0.717, 1.165) is 19.4 Å². The smallest absolute Gasteiger partial charge is 0.422 e. The SMILES string of the molecule is CNc1ccc2c(-c3nc(NC4CCCNC4)ncc3C(F)(F)F)c[nH]c2c1OCC(F)(F)F. The first-order valence-electron chi connectivity index (χ1n) is 10.5. The number of hydrogen-bond acceptors (Lipinski definition) is 6. The van der Waals surface area contributed by atoms with Crippen LogP contribution in [0.3, 0.4) is 0 Å². The molecule has 1 saturated heterocycles. The number of anilines is 2. The molecule has 7 nitrogen and oxygen atoms in total. The standard InChI is InChI=1S/C21H22F6N6O/c1-28-15-5-4-12-13(8-30-17(12)18(15)34-10-20(22,23)24)16-14(21(25,26)27)9-31-19(33-16)32-11-3-2-6-29-7-11/h4-5,8-9,11,28-30H,2-3,6-7,10H2,1H3,(H,31,32,33). The van der Waals surface area contributed by atoms with Crippen LogP contribution in [-0.2, 0) is 6.18 Å². The van der Waals surface area contributed by atoms with E-state index in [4.69, 9.17) is 4.74 Å². The van der Waals surface area contributed by atoms with E-state index in [-0.39, 0.29) is 45.6 Å². The van der Waals surface area contributed by atoms with Crippen molar-refractivity contribution < 1.29 is 31.1 Å². The van der Waals surface area contributed by atoms with Gasteiger partial charge in [0.15, 0.2) is 12.4 Å². The van der Waals surface area contributed by atoms with Crippen LogP contribution in [0.15, 0.2) is 24.5 Å². The zero-order valence-corrected chi connectivity index (χ0v) is 18.0. The minimum Gasteiger partial charge on any atom is -0.480 e. The van der Waals surface area contributed by atoms with Crippen LogP contribution in [0.5, 0.6) is 5.75 Å². The van der Waals surface area contributed by atoms with Crippen molar-refractivity contribution in [1.29, 1.82) is 0 Å². The summed E-state index contributed by atoms with van der Waals surface area (Å²) in [5.74, 6) is -0.121. The van der Waals surface area contributed by atoms with Crippen LogP contribution in [0.25, 0.3) is 22.2 Å². The summed E-state index contributed by atoms with van der Waals surface area (Å²) in [6.45, 7) is -0.0700. The molecule has 2 aromatic heterocycles. The van der Waals surface area contributed by atoms with Crippen molar-refractivity contribution in [1.82, 2.24) is 20.3 Å². The lowest BCUT2D eigenvalue weighted by Crippen LogP contribution is -2.38. The third-order valence-corrected chi connectivity index (χ3v) is 5.44. The van der Waals surface area contributed by atoms with Gasteiger partial charge in [0, 0.05) is 43.0 Å².